The average molecular weight is 313 g/mol. The minimum atomic E-state index is -3.95. The maximum Gasteiger partial charge on any atom is 0.339 e. The Bertz CT molecular complexity index is 726. The van der Waals surface area contributed by atoms with E-state index in [1.807, 2.05) is 6.92 Å². The summed E-state index contributed by atoms with van der Waals surface area (Å²) in [5.41, 5.74) is 0.939. The topological polar surface area (TPSA) is 52.6 Å². The van der Waals surface area contributed by atoms with Gasteiger partial charge in [0.05, 0.1) is 7.11 Å². The second kappa shape index (κ2) is 5.73. The molecule has 0 bridgehead atoms. The van der Waals surface area contributed by atoms with Crippen LogP contribution in [0.25, 0.3) is 0 Å². The summed E-state index contributed by atoms with van der Waals surface area (Å²) < 4.78 is 34.6. The predicted octanol–water partition coefficient (Wildman–Crippen LogP) is 3.42. The number of benzene rings is 2. The van der Waals surface area contributed by atoms with Crippen LogP contribution in [0, 0.1) is 6.92 Å². The highest BCUT2D eigenvalue weighted by Gasteiger charge is 2.19. The van der Waals surface area contributed by atoms with Crippen molar-refractivity contribution >= 4 is 21.7 Å². The Morgan fingerprint density at radius 1 is 1.05 bits per heavy atom. The van der Waals surface area contributed by atoms with Gasteiger partial charge in [0, 0.05) is 5.02 Å². The molecular formula is C14H13ClO4S. The molecule has 0 saturated carbocycles. The van der Waals surface area contributed by atoms with Crippen molar-refractivity contribution in [3.8, 4) is 11.5 Å². The van der Waals surface area contributed by atoms with Crippen molar-refractivity contribution in [1.29, 1.82) is 0 Å². The van der Waals surface area contributed by atoms with Crippen molar-refractivity contribution in [1.82, 2.24) is 0 Å². The van der Waals surface area contributed by atoms with E-state index in [1.165, 1.54) is 19.2 Å². The van der Waals surface area contributed by atoms with Crippen LogP contribution in [0.15, 0.2) is 47.4 Å². The summed E-state index contributed by atoms with van der Waals surface area (Å²) in [6.45, 7) is 1.87. The lowest BCUT2D eigenvalue weighted by Gasteiger charge is -2.11. The molecule has 106 valence electrons. The number of aryl methyl sites for hydroxylation is 1. The molecule has 0 radical (unpaired) electrons. The Hall–Kier alpha value is -1.72. The van der Waals surface area contributed by atoms with Gasteiger partial charge in [-0.25, -0.2) is 0 Å². The van der Waals surface area contributed by atoms with Gasteiger partial charge in [-0.05, 0) is 42.8 Å². The molecule has 0 heterocycles. The standard InChI is InChI=1S/C14H13ClO4S/c1-10-6-7-13(14(8-10)18-2)19-20(16,17)12-5-3-4-11(15)9-12/h3-9H,1-2H3. The normalized spacial score (nSPS) is 11.2. The van der Waals surface area contributed by atoms with Gasteiger partial charge in [0.15, 0.2) is 11.5 Å². The largest absolute Gasteiger partial charge is 0.493 e. The number of rotatable bonds is 4. The first-order valence-corrected chi connectivity index (χ1v) is 7.56. The molecule has 0 atom stereocenters. The van der Waals surface area contributed by atoms with Crippen LogP contribution in [0.3, 0.4) is 0 Å². The lowest BCUT2D eigenvalue weighted by atomic mass is 10.2. The first kappa shape index (κ1) is 14.7. The van der Waals surface area contributed by atoms with Crippen molar-refractivity contribution in [3.05, 3.63) is 53.1 Å². The van der Waals surface area contributed by atoms with E-state index in [2.05, 4.69) is 0 Å². The van der Waals surface area contributed by atoms with Gasteiger partial charge in [-0.1, -0.05) is 23.7 Å². The molecule has 20 heavy (non-hydrogen) atoms. The molecule has 0 amide bonds. The van der Waals surface area contributed by atoms with Crippen LogP contribution in [0.5, 0.6) is 11.5 Å². The zero-order valence-corrected chi connectivity index (χ0v) is 12.5. The smallest absolute Gasteiger partial charge is 0.339 e. The third-order valence-electron chi connectivity index (χ3n) is 2.60. The minimum absolute atomic E-state index is 0.00683. The number of methoxy groups -OCH3 is 1. The Labute approximate surface area is 123 Å². The zero-order valence-electron chi connectivity index (χ0n) is 11.0. The van der Waals surface area contributed by atoms with Gasteiger partial charge in [-0.15, -0.1) is 0 Å². The molecule has 0 spiro atoms. The molecule has 0 aliphatic heterocycles. The van der Waals surface area contributed by atoms with E-state index in [1.54, 1.807) is 30.3 Å². The van der Waals surface area contributed by atoms with Crippen molar-refractivity contribution in [2.24, 2.45) is 0 Å². The summed E-state index contributed by atoms with van der Waals surface area (Å²) in [6.07, 6.45) is 0. The van der Waals surface area contributed by atoms with E-state index in [4.69, 9.17) is 20.5 Å². The Balaban J connectivity index is 2.38. The number of hydrogen-bond donors (Lipinski definition) is 0. The minimum Gasteiger partial charge on any atom is -0.493 e. The van der Waals surface area contributed by atoms with Crippen molar-refractivity contribution < 1.29 is 17.3 Å². The summed E-state index contributed by atoms with van der Waals surface area (Å²) in [6, 6.07) is 10.9. The van der Waals surface area contributed by atoms with E-state index >= 15 is 0 Å². The Kier molecular flexibility index (Phi) is 4.20. The maximum absolute atomic E-state index is 12.2. The van der Waals surface area contributed by atoms with Crippen LogP contribution < -0.4 is 8.92 Å². The highest BCUT2D eigenvalue weighted by Crippen LogP contribution is 2.30. The van der Waals surface area contributed by atoms with Crippen LogP contribution in [-0.4, -0.2) is 15.5 Å². The molecule has 0 fully saturated rings. The number of hydrogen-bond acceptors (Lipinski definition) is 4. The van der Waals surface area contributed by atoms with Crippen LogP contribution in [0.1, 0.15) is 5.56 Å². The van der Waals surface area contributed by atoms with Crippen molar-refractivity contribution in [3.63, 3.8) is 0 Å². The Morgan fingerprint density at radius 2 is 1.80 bits per heavy atom. The van der Waals surface area contributed by atoms with E-state index in [0.717, 1.165) is 5.56 Å². The highest BCUT2D eigenvalue weighted by atomic mass is 35.5. The number of halogens is 1. The molecular weight excluding hydrogens is 300 g/mol. The third kappa shape index (κ3) is 3.23. The fourth-order valence-electron chi connectivity index (χ4n) is 1.63. The SMILES string of the molecule is COc1cc(C)ccc1OS(=O)(=O)c1cccc(Cl)c1. The lowest BCUT2D eigenvalue weighted by Crippen LogP contribution is -2.10. The average Bonchev–Trinajstić information content (AvgIpc) is 2.40. The third-order valence-corrected chi connectivity index (χ3v) is 4.07. The lowest BCUT2D eigenvalue weighted by molar-refractivity contribution is 0.390. The van der Waals surface area contributed by atoms with E-state index in [9.17, 15) is 8.42 Å². The molecule has 0 aliphatic carbocycles. The maximum atomic E-state index is 12.2. The van der Waals surface area contributed by atoms with Crippen LogP contribution in [0.4, 0.5) is 0 Å². The zero-order chi connectivity index (χ0) is 14.8. The van der Waals surface area contributed by atoms with Gasteiger partial charge in [-0.3, -0.25) is 0 Å². The van der Waals surface area contributed by atoms with Gasteiger partial charge in [0.1, 0.15) is 4.90 Å². The summed E-state index contributed by atoms with van der Waals surface area (Å²) in [7, 11) is -2.49. The molecule has 2 rings (SSSR count). The first-order valence-electron chi connectivity index (χ1n) is 5.77. The molecule has 0 aromatic heterocycles. The van der Waals surface area contributed by atoms with Crippen molar-refractivity contribution in [2.75, 3.05) is 7.11 Å². The summed E-state index contributed by atoms with van der Waals surface area (Å²) >= 11 is 5.79. The molecule has 0 aliphatic rings. The number of ether oxygens (including phenoxy) is 1. The van der Waals surface area contributed by atoms with Crippen LogP contribution in [0.2, 0.25) is 5.02 Å². The van der Waals surface area contributed by atoms with Crippen LogP contribution in [-0.2, 0) is 10.1 Å². The molecule has 6 heteroatoms. The molecule has 4 nitrogen and oxygen atoms in total. The molecule has 0 unspecified atom stereocenters. The highest BCUT2D eigenvalue weighted by molar-refractivity contribution is 7.87. The molecule has 2 aromatic rings. The monoisotopic (exact) mass is 312 g/mol. The fraction of sp³-hybridized carbons (Fsp3) is 0.143. The van der Waals surface area contributed by atoms with Gasteiger partial charge in [-0.2, -0.15) is 8.42 Å². The van der Waals surface area contributed by atoms with Gasteiger partial charge in [0.2, 0.25) is 0 Å². The summed E-state index contributed by atoms with van der Waals surface area (Å²) in [5.74, 6) is 0.494. The fourth-order valence-corrected chi connectivity index (χ4v) is 2.87. The molecule has 0 N–H and O–H groups in total. The van der Waals surface area contributed by atoms with Crippen molar-refractivity contribution in [2.45, 2.75) is 11.8 Å². The van der Waals surface area contributed by atoms with Crippen LogP contribution >= 0.6 is 11.6 Å². The van der Waals surface area contributed by atoms with Gasteiger partial charge < -0.3 is 8.92 Å². The molecule has 0 saturated heterocycles. The second-order valence-corrected chi connectivity index (χ2v) is 6.13. The van der Waals surface area contributed by atoms with Gasteiger partial charge >= 0.3 is 10.1 Å². The second-order valence-electron chi connectivity index (χ2n) is 4.15. The quantitative estimate of drug-likeness (QED) is 0.812. The summed E-state index contributed by atoms with van der Waals surface area (Å²) in [4.78, 5) is -0.00683. The summed E-state index contributed by atoms with van der Waals surface area (Å²) in [5, 5.41) is 0.325. The molecule has 2 aromatic carbocycles. The first-order chi connectivity index (χ1) is 9.42. The van der Waals surface area contributed by atoms with E-state index < -0.39 is 10.1 Å². The van der Waals surface area contributed by atoms with E-state index in [0.29, 0.717) is 10.8 Å². The van der Waals surface area contributed by atoms with Gasteiger partial charge in [0.25, 0.3) is 0 Å². The Morgan fingerprint density at radius 3 is 2.45 bits per heavy atom. The van der Waals surface area contributed by atoms with E-state index in [-0.39, 0.29) is 10.6 Å². The predicted molar refractivity (Wildman–Crippen MR) is 77.0 cm³/mol.